The number of hydrogen-bond acceptors (Lipinski definition) is 3. The van der Waals surface area contributed by atoms with E-state index in [1.807, 2.05) is 0 Å². The molecule has 1 aromatic rings. The molecule has 0 bridgehead atoms. The lowest BCUT2D eigenvalue weighted by atomic mass is 10.1. The van der Waals surface area contributed by atoms with Gasteiger partial charge in [-0.2, -0.15) is 8.78 Å². The van der Waals surface area contributed by atoms with Gasteiger partial charge >= 0.3 is 0 Å². The van der Waals surface area contributed by atoms with Crippen molar-refractivity contribution in [3.63, 3.8) is 0 Å². The van der Waals surface area contributed by atoms with Crippen LogP contribution >= 0.6 is 11.8 Å². The minimum Gasteiger partial charge on any atom is -0.348 e. The second-order valence-electron chi connectivity index (χ2n) is 4.42. The van der Waals surface area contributed by atoms with Crippen molar-refractivity contribution < 1.29 is 13.6 Å². The summed E-state index contributed by atoms with van der Waals surface area (Å²) in [4.78, 5) is 12.4. The van der Waals surface area contributed by atoms with Crippen molar-refractivity contribution in [1.29, 1.82) is 0 Å². The van der Waals surface area contributed by atoms with Crippen LogP contribution in [0, 0.1) is 0 Å². The van der Waals surface area contributed by atoms with Gasteiger partial charge in [-0.25, -0.2) is 0 Å². The Bertz CT molecular complexity index is 419. The number of hydrogen-bond donors (Lipinski definition) is 2. The molecular weight excluding hydrogens is 270 g/mol. The lowest BCUT2D eigenvalue weighted by Crippen LogP contribution is -2.45. The smallest absolute Gasteiger partial charge is 0.288 e. The van der Waals surface area contributed by atoms with Crippen LogP contribution in [0.15, 0.2) is 29.2 Å². The predicted octanol–water partition coefficient (Wildman–Crippen LogP) is 2.48. The van der Waals surface area contributed by atoms with Crippen LogP contribution in [0.2, 0.25) is 0 Å². The molecule has 1 heterocycles. The molecule has 1 aromatic carbocycles. The van der Waals surface area contributed by atoms with Crippen LogP contribution in [0.25, 0.3) is 0 Å². The van der Waals surface area contributed by atoms with Crippen molar-refractivity contribution in [3.05, 3.63) is 29.8 Å². The van der Waals surface area contributed by atoms with Crippen molar-refractivity contribution >= 4 is 17.7 Å². The number of rotatable bonds is 4. The zero-order valence-electron chi connectivity index (χ0n) is 10.4. The van der Waals surface area contributed by atoms with E-state index < -0.39 is 5.76 Å². The summed E-state index contributed by atoms with van der Waals surface area (Å²) < 4.78 is 24.3. The molecule has 0 unspecified atom stereocenters. The first-order valence-corrected chi connectivity index (χ1v) is 7.09. The molecule has 6 heteroatoms. The van der Waals surface area contributed by atoms with Gasteiger partial charge in [0.25, 0.3) is 11.7 Å². The third kappa shape index (κ3) is 4.47. The standard InChI is InChI=1S/C13H16F2N2OS/c14-13(15)19-11-5-3-9(4-6-11)12(18)17-10-2-1-7-16-8-10/h3-6,10,13,16H,1-2,7-8H2,(H,17,18)/t10-/m0/s1. The van der Waals surface area contributed by atoms with Gasteiger partial charge in [0.15, 0.2) is 0 Å². The molecule has 0 radical (unpaired) electrons. The summed E-state index contributed by atoms with van der Waals surface area (Å²) in [7, 11) is 0. The first-order chi connectivity index (χ1) is 9.15. The molecule has 1 aliphatic heterocycles. The van der Waals surface area contributed by atoms with E-state index in [1.54, 1.807) is 24.3 Å². The van der Waals surface area contributed by atoms with Crippen LogP contribution < -0.4 is 10.6 Å². The predicted molar refractivity (Wildman–Crippen MR) is 71.7 cm³/mol. The number of benzene rings is 1. The highest BCUT2D eigenvalue weighted by Crippen LogP contribution is 2.25. The van der Waals surface area contributed by atoms with Gasteiger partial charge in [-0.05, 0) is 43.7 Å². The Morgan fingerprint density at radius 3 is 2.68 bits per heavy atom. The SMILES string of the molecule is O=C(N[C@H]1CCCNC1)c1ccc(SC(F)F)cc1. The Morgan fingerprint density at radius 2 is 2.11 bits per heavy atom. The molecule has 19 heavy (non-hydrogen) atoms. The van der Waals surface area contributed by atoms with Crippen LogP contribution in [-0.2, 0) is 0 Å². The third-order valence-corrected chi connectivity index (χ3v) is 3.70. The van der Waals surface area contributed by atoms with Gasteiger partial charge in [-0.3, -0.25) is 4.79 Å². The fraction of sp³-hybridized carbons (Fsp3) is 0.462. The van der Waals surface area contributed by atoms with Gasteiger partial charge in [0.1, 0.15) is 0 Å². The number of alkyl halides is 2. The summed E-state index contributed by atoms with van der Waals surface area (Å²) in [6, 6.07) is 6.40. The van der Waals surface area contributed by atoms with Gasteiger partial charge in [0, 0.05) is 23.0 Å². The molecule has 2 rings (SSSR count). The first kappa shape index (κ1) is 14.3. The van der Waals surface area contributed by atoms with Crippen LogP contribution in [0.4, 0.5) is 8.78 Å². The number of carbonyl (C=O) groups excluding carboxylic acids is 1. The Balaban J connectivity index is 1.91. The van der Waals surface area contributed by atoms with Gasteiger partial charge < -0.3 is 10.6 Å². The van der Waals surface area contributed by atoms with Crippen molar-refractivity contribution in [2.24, 2.45) is 0 Å². The van der Waals surface area contributed by atoms with E-state index in [4.69, 9.17) is 0 Å². The van der Waals surface area contributed by atoms with Gasteiger partial charge in [-0.15, -0.1) is 0 Å². The van der Waals surface area contributed by atoms with Crippen molar-refractivity contribution in [2.75, 3.05) is 13.1 Å². The van der Waals surface area contributed by atoms with Crippen molar-refractivity contribution in [1.82, 2.24) is 10.6 Å². The molecule has 1 saturated heterocycles. The topological polar surface area (TPSA) is 41.1 Å². The van der Waals surface area contributed by atoms with E-state index in [2.05, 4.69) is 10.6 Å². The van der Waals surface area contributed by atoms with E-state index in [0.29, 0.717) is 22.2 Å². The summed E-state index contributed by atoms with van der Waals surface area (Å²) in [6.07, 6.45) is 2.02. The second-order valence-corrected chi connectivity index (χ2v) is 5.48. The zero-order chi connectivity index (χ0) is 13.7. The molecule has 3 nitrogen and oxygen atoms in total. The highest BCUT2D eigenvalue weighted by Gasteiger charge is 2.16. The monoisotopic (exact) mass is 286 g/mol. The van der Waals surface area contributed by atoms with Gasteiger partial charge in [0.05, 0.1) is 0 Å². The van der Waals surface area contributed by atoms with Crippen molar-refractivity contribution in [3.8, 4) is 0 Å². The fourth-order valence-corrected chi connectivity index (χ4v) is 2.53. The zero-order valence-corrected chi connectivity index (χ0v) is 11.2. The first-order valence-electron chi connectivity index (χ1n) is 6.21. The lowest BCUT2D eigenvalue weighted by Gasteiger charge is -2.23. The average Bonchev–Trinajstić information content (AvgIpc) is 2.40. The van der Waals surface area contributed by atoms with Gasteiger partial charge in [0.2, 0.25) is 0 Å². The maximum Gasteiger partial charge on any atom is 0.288 e. The number of thioether (sulfide) groups is 1. The third-order valence-electron chi connectivity index (χ3n) is 2.97. The average molecular weight is 286 g/mol. The Hall–Kier alpha value is -1.14. The number of nitrogens with one attached hydrogen (secondary N) is 2. The Labute approximate surface area is 115 Å². The van der Waals surface area contributed by atoms with E-state index in [9.17, 15) is 13.6 Å². The minimum absolute atomic E-state index is 0.149. The van der Waals surface area contributed by atoms with Crippen LogP contribution in [0.1, 0.15) is 23.2 Å². The summed E-state index contributed by atoms with van der Waals surface area (Å²) in [5.74, 6) is -2.59. The molecule has 1 atom stereocenters. The molecular formula is C13H16F2N2OS. The fourth-order valence-electron chi connectivity index (χ4n) is 2.03. The number of piperidine rings is 1. The quantitative estimate of drug-likeness (QED) is 0.836. The maximum absolute atomic E-state index is 12.2. The molecule has 0 aromatic heterocycles. The van der Waals surface area contributed by atoms with Crippen LogP contribution in [0.5, 0.6) is 0 Å². The summed E-state index contributed by atoms with van der Waals surface area (Å²) in [5, 5.41) is 6.16. The highest BCUT2D eigenvalue weighted by atomic mass is 32.2. The Kier molecular flexibility index (Phi) is 5.15. The molecule has 0 saturated carbocycles. The molecule has 2 N–H and O–H groups in total. The molecule has 1 amide bonds. The molecule has 1 fully saturated rings. The number of carbonyl (C=O) groups is 1. The molecule has 0 aliphatic carbocycles. The lowest BCUT2D eigenvalue weighted by molar-refractivity contribution is 0.0930. The number of halogens is 2. The number of amides is 1. The molecule has 104 valence electrons. The summed E-state index contributed by atoms with van der Waals surface area (Å²) in [6.45, 7) is 1.77. The highest BCUT2D eigenvalue weighted by molar-refractivity contribution is 7.99. The van der Waals surface area contributed by atoms with Gasteiger partial charge in [-0.1, -0.05) is 11.8 Å². The van der Waals surface area contributed by atoms with E-state index >= 15 is 0 Å². The van der Waals surface area contributed by atoms with E-state index in [0.717, 1.165) is 25.9 Å². The van der Waals surface area contributed by atoms with Crippen molar-refractivity contribution in [2.45, 2.75) is 29.5 Å². The largest absolute Gasteiger partial charge is 0.348 e. The molecule has 0 spiro atoms. The minimum atomic E-state index is -2.44. The summed E-state index contributed by atoms with van der Waals surface area (Å²) >= 11 is 0.479. The van der Waals surface area contributed by atoms with E-state index in [-0.39, 0.29) is 11.9 Å². The van der Waals surface area contributed by atoms with Crippen LogP contribution in [0.3, 0.4) is 0 Å². The second kappa shape index (κ2) is 6.86. The summed E-state index contributed by atoms with van der Waals surface area (Å²) in [5.41, 5.74) is 0.504. The molecule has 1 aliphatic rings. The Morgan fingerprint density at radius 1 is 1.37 bits per heavy atom. The normalized spacial score (nSPS) is 19.4. The van der Waals surface area contributed by atoms with E-state index in [1.165, 1.54) is 0 Å². The van der Waals surface area contributed by atoms with Crippen LogP contribution in [-0.4, -0.2) is 30.8 Å². The maximum atomic E-state index is 12.2.